The van der Waals surface area contributed by atoms with Crippen molar-refractivity contribution in [3.63, 3.8) is 0 Å². The maximum atomic E-state index is 14.7. The fourth-order valence-electron chi connectivity index (χ4n) is 8.14. The van der Waals surface area contributed by atoms with Crippen LogP contribution in [0.1, 0.15) is 66.7 Å². The number of aromatic nitrogens is 3. The molecule has 4 aliphatic rings. The minimum Gasteiger partial charge on any atom is -0.490 e. The number of benzene rings is 2. The summed E-state index contributed by atoms with van der Waals surface area (Å²) in [7, 11) is 0. The van der Waals surface area contributed by atoms with Crippen LogP contribution in [-0.4, -0.2) is 81.7 Å². The molecule has 3 fully saturated rings. The van der Waals surface area contributed by atoms with E-state index < -0.39 is 5.82 Å². The summed E-state index contributed by atoms with van der Waals surface area (Å²) in [4.78, 5) is 34.1. The number of carbonyl (C=O) groups excluding carboxylic acids is 1. The lowest BCUT2D eigenvalue weighted by molar-refractivity contribution is -0.181. The Labute approximate surface area is 298 Å². The first-order chi connectivity index (χ1) is 24.8. The maximum Gasteiger partial charge on any atom is 0.258 e. The van der Waals surface area contributed by atoms with Gasteiger partial charge in [0.05, 0.1) is 25.0 Å². The van der Waals surface area contributed by atoms with Crippen LogP contribution in [0.3, 0.4) is 0 Å². The van der Waals surface area contributed by atoms with Gasteiger partial charge in [-0.2, -0.15) is 0 Å². The molecule has 0 bridgehead atoms. The molecule has 3 aliphatic heterocycles. The third-order valence-electron chi connectivity index (χ3n) is 10.8. The summed E-state index contributed by atoms with van der Waals surface area (Å²) in [5.41, 5.74) is 3.99. The summed E-state index contributed by atoms with van der Waals surface area (Å²) in [5.74, 6) is 1.53. The first kappa shape index (κ1) is 33.5. The van der Waals surface area contributed by atoms with Gasteiger partial charge in [0, 0.05) is 86.9 Å². The molecule has 0 atom stereocenters. The summed E-state index contributed by atoms with van der Waals surface area (Å²) < 4.78 is 33.2. The molecular weight excluding hydrogens is 647 g/mol. The normalized spacial score (nSPS) is 18.9. The van der Waals surface area contributed by atoms with Crippen LogP contribution in [0.25, 0.3) is 0 Å². The average molecular weight is 693 g/mol. The minimum atomic E-state index is -0.488. The van der Waals surface area contributed by atoms with Crippen LogP contribution in [0, 0.1) is 11.2 Å². The molecule has 5 heterocycles. The Morgan fingerprint density at radius 3 is 2.57 bits per heavy atom. The highest BCUT2D eigenvalue weighted by molar-refractivity contribution is 5.97. The van der Waals surface area contributed by atoms with E-state index in [9.17, 15) is 9.18 Å². The fraction of sp³-hybridized carbons (Fsp3) is 0.450. The molecule has 2 aromatic carbocycles. The zero-order chi connectivity index (χ0) is 35.0. The lowest BCUT2D eigenvalue weighted by atomic mass is 9.63. The lowest BCUT2D eigenvalue weighted by Crippen LogP contribution is -2.61. The van der Waals surface area contributed by atoms with Crippen LogP contribution >= 0.6 is 0 Å². The Morgan fingerprint density at radius 1 is 1.02 bits per heavy atom. The monoisotopic (exact) mass is 692 g/mol. The molecule has 0 unspecified atom stereocenters. The lowest BCUT2D eigenvalue weighted by Gasteiger charge is -2.56. The van der Waals surface area contributed by atoms with Crippen molar-refractivity contribution in [2.45, 2.75) is 77.2 Å². The molecule has 266 valence electrons. The highest BCUT2D eigenvalue weighted by Crippen LogP contribution is 2.50. The summed E-state index contributed by atoms with van der Waals surface area (Å²) in [6.45, 7) is 9.59. The van der Waals surface area contributed by atoms with E-state index in [-0.39, 0.29) is 40.8 Å². The number of rotatable bonds is 10. The van der Waals surface area contributed by atoms with Crippen LogP contribution < -0.4 is 14.4 Å². The number of carbonyl (C=O) groups is 1. The number of hydrogen-bond acceptors (Lipinski definition) is 9. The van der Waals surface area contributed by atoms with E-state index in [2.05, 4.69) is 55.1 Å². The van der Waals surface area contributed by atoms with Crippen LogP contribution in [0.4, 0.5) is 10.2 Å². The topological polar surface area (TPSA) is 93.2 Å². The van der Waals surface area contributed by atoms with Crippen molar-refractivity contribution >= 4 is 11.7 Å². The van der Waals surface area contributed by atoms with Gasteiger partial charge in [-0.3, -0.25) is 14.7 Å². The maximum absolute atomic E-state index is 14.7. The molecular formula is C40H45FN6O4. The number of amides is 1. The van der Waals surface area contributed by atoms with E-state index in [1.807, 2.05) is 31.0 Å². The molecule has 0 radical (unpaired) electrons. The summed E-state index contributed by atoms with van der Waals surface area (Å²) >= 11 is 0. The largest absolute Gasteiger partial charge is 0.490 e. The number of anilines is 1. The molecule has 0 N–H and O–H groups in total. The summed E-state index contributed by atoms with van der Waals surface area (Å²) in [6, 6.07) is 16.7. The van der Waals surface area contributed by atoms with Crippen molar-refractivity contribution in [2.24, 2.45) is 5.41 Å². The highest BCUT2D eigenvalue weighted by Gasteiger charge is 2.53. The quantitative estimate of drug-likeness (QED) is 0.186. The van der Waals surface area contributed by atoms with Crippen molar-refractivity contribution < 1.29 is 23.4 Å². The van der Waals surface area contributed by atoms with Crippen molar-refractivity contribution in [3.8, 4) is 17.2 Å². The Balaban J connectivity index is 0.937. The van der Waals surface area contributed by atoms with E-state index in [0.717, 1.165) is 76.4 Å². The SMILES string of the molecule is CC(C)N(C(=O)c1cc(F)ccc1Oc1cncnc1N1CCC(Oc2ccnc3c2CN(Cc2ccccc2)CC3)CC1)C1CC2(COC2)C1. The third-order valence-corrected chi connectivity index (χ3v) is 10.8. The fourth-order valence-corrected chi connectivity index (χ4v) is 8.14. The second-order valence-corrected chi connectivity index (χ2v) is 14.8. The molecule has 1 spiro atoms. The van der Waals surface area contributed by atoms with E-state index in [0.29, 0.717) is 24.7 Å². The van der Waals surface area contributed by atoms with Gasteiger partial charge in [0.25, 0.3) is 5.91 Å². The summed E-state index contributed by atoms with van der Waals surface area (Å²) in [5, 5.41) is 0. The number of nitrogens with zero attached hydrogens (tertiary/aromatic N) is 6. The van der Waals surface area contributed by atoms with Gasteiger partial charge in [-0.1, -0.05) is 30.3 Å². The first-order valence-corrected chi connectivity index (χ1v) is 18.2. The van der Waals surface area contributed by atoms with Crippen LogP contribution in [-0.2, 0) is 24.2 Å². The van der Waals surface area contributed by atoms with Crippen LogP contribution in [0.5, 0.6) is 17.2 Å². The predicted molar refractivity (Wildman–Crippen MR) is 190 cm³/mol. The third kappa shape index (κ3) is 7.01. The second-order valence-electron chi connectivity index (χ2n) is 14.8. The molecule has 51 heavy (non-hydrogen) atoms. The Bertz CT molecular complexity index is 1860. The number of halogens is 1. The number of ether oxygens (including phenoxy) is 3. The predicted octanol–water partition coefficient (Wildman–Crippen LogP) is 6.44. The molecule has 2 saturated heterocycles. The standard InChI is InChI=1S/C40H45FN6O4/c1-27(2)47(30-19-40(20-30)24-49-25-40)39(48)32-18-29(41)8-9-35(32)51-37-21-42-26-44-38(37)46-16-11-31(12-17-46)50-36-10-14-43-34-13-15-45(23-33(34)36)22-28-6-4-3-5-7-28/h3-10,14,18,21,26-27,30-31H,11-13,15-17,19-20,22-25H2,1-2H3. The highest BCUT2D eigenvalue weighted by atomic mass is 19.1. The van der Waals surface area contributed by atoms with Gasteiger partial charge in [-0.05, 0) is 56.5 Å². The first-order valence-electron chi connectivity index (χ1n) is 18.2. The van der Waals surface area contributed by atoms with E-state index in [1.54, 1.807) is 6.20 Å². The molecule has 1 amide bonds. The van der Waals surface area contributed by atoms with Crippen molar-refractivity contribution in [1.82, 2.24) is 24.8 Å². The molecule has 1 aliphatic carbocycles. The zero-order valence-electron chi connectivity index (χ0n) is 29.3. The van der Waals surface area contributed by atoms with Crippen molar-refractivity contribution in [3.05, 3.63) is 102 Å². The smallest absolute Gasteiger partial charge is 0.258 e. The Kier molecular flexibility index (Phi) is 9.33. The number of hydrogen-bond donors (Lipinski definition) is 0. The van der Waals surface area contributed by atoms with E-state index in [4.69, 9.17) is 14.2 Å². The van der Waals surface area contributed by atoms with E-state index >= 15 is 0 Å². The van der Waals surface area contributed by atoms with Crippen LogP contribution in [0.15, 0.2) is 73.3 Å². The number of pyridine rings is 1. The molecule has 11 heteroatoms. The zero-order valence-corrected chi connectivity index (χ0v) is 29.3. The van der Waals surface area contributed by atoms with Crippen molar-refractivity contribution in [2.75, 3.05) is 37.7 Å². The van der Waals surface area contributed by atoms with Gasteiger partial charge in [0.1, 0.15) is 29.7 Å². The van der Waals surface area contributed by atoms with Gasteiger partial charge in [0.2, 0.25) is 0 Å². The summed E-state index contributed by atoms with van der Waals surface area (Å²) in [6.07, 6.45) is 9.32. The van der Waals surface area contributed by atoms with Gasteiger partial charge in [-0.25, -0.2) is 14.4 Å². The van der Waals surface area contributed by atoms with E-state index in [1.165, 1.54) is 35.7 Å². The molecule has 10 nitrogen and oxygen atoms in total. The average Bonchev–Trinajstić information content (AvgIpc) is 3.10. The second kappa shape index (κ2) is 14.2. The van der Waals surface area contributed by atoms with Gasteiger partial charge >= 0.3 is 0 Å². The molecule has 4 aromatic rings. The minimum absolute atomic E-state index is 0.0453. The number of fused-ring (bicyclic) bond motifs is 1. The molecule has 8 rings (SSSR count). The number of piperidine rings is 1. The molecule has 2 aromatic heterocycles. The van der Waals surface area contributed by atoms with Crippen LogP contribution in [0.2, 0.25) is 0 Å². The van der Waals surface area contributed by atoms with Crippen molar-refractivity contribution in [1.29, 1.82) is 0 Å². The molecule has 1 saturated carbocycles. The Morgan fingerprint density at radius 2 is 1.82 bits per heavy atom. The van der Waals surface area contributed by atoms with Gasteiger partial charge in [-0.15, -0.1) is 0 Å². The Hall–Kier alpha value is -4.61. The van der Waals surface area contributed by atoms with Gasteiger partial charge < -0.3 is 24.0 Å². The van der Waals surface area contributed by atoms with Gasteiger partial charge in [0.15, 0.2) is 11.6 Å².